The van der Waals surface area contributed by atoms with E-state index < -0.39 is 16.3 Å². The summed E-state index contributed by atoms with van der Waals surface area (Å²) in [7, 11) is 0. The number of benzene rings is 3. The minimum Gasteiger partial charge on any atom is -0.287 e. The number of hydrogen-bond acceptors (Lipinski definition) is 5. The molecule has 1 N–H and O–H groups in total. The Morgan fingerprint density at radius 3 is 2.05 bits per heavy atom. The first-order valence-electron chi connectivity index (χ1n) is 6.40. The molecule has 0 unspecified atom stereocenters. The second-order valence-corrected chi connectivity index (χ2v) is 5.75. The van der Waals surface area contributed by atoms with Crippen LogP contribution in [-0.4, -0.2) is 0 Å². The number of hydrogen-bond donors (Lipinski definition) is 1. The first kappa shape index (κ1) is 14.6. The highest BCUT2D eigenvalue weighted by molar-refractivity contribution is 14.1. The standard InChI is InChI=1S/C16H9IN2O3/c17-11-7-3-4-8-12(11)18-19-13-14(20)9-5-1-2-6-10(9)15(21)16(13)22/h1-8,18H. The second kappa shape index (κ2) is 5.80. The van der Waals surface area contributed by atoms with Gasteiger partial charge in [-0.2, -0.15) is 5.10 Å². The van der Waals surface area contributed by atoms with Crippen molar-refractivity contribution in [2.24, 2.45) is 5.10 Å². The van der Waals surface area contributed by atoms with Crippen LogP contribution in [0.3, 0.4) is 0 Å². The normalized spacial score (nSPS) is 11.8. The van der Waals surface area contributed by atoms with Crippen molar-refractivity contribution in [3.63, 3.8) is 0 Å². The van der Waals surface area contributed by atoms with Crippen molar-refractivity contribution in [2.45, 2.75) is 0 Å². The van der Waals surface area contributed by atoms with Gasteiger partial charge in [0.05, 0.1) is 5.69 Å². The Bertz CT molecular complexity index is 1080. The minimum absolute atomic E-state index is 0.130. The zero-order valence-electron chi connectivity index (χ0n) is 11.2. The maximum Gasteiger partial charge on any atom is 0.257 e. The lowest BCUT2D eigenvalue weighted by Crippen LogP contribution is -2.48. The lowest BCUT2D eigenvalue weighted by atomic mass is 10.1. The molecule has 0 heterocycles. The topological polar surface area (TPSA) is 75.6 Å². The van der Waals surface area contributed by atoms with Gasteiger partial charge in [-0.3, -0.25) is 19.8 Å². The van der Waals surface area contributed by atoms with Gasteiger partial charge in [-0.15, -0.1) is 0 Å². The molecule has 0 atom stereocenters. The number of nitrogens with one attached hydrogen (secondary N) is 1. The van der Waals surface area contributed by atoms with E-state index in [-0.39, 0.29) is 16.1 Å². The third-order valence-corrected chi connectivity index (χ3v) is 4.16. The number of nitrogens with zero attached hydrogens (tertiary/aromatic N) is 1. The summed E-state index contributed by atoms with van der Waals surface area (Å²) >= 11 is 2.10. The molecule has 0 saturated heterocycles. The Kier molecular flexibility index (Phi) is 3.84. The summed E-state index contributed by atoms with van der Waals surface area (Å²) in [6.45, 7) is 0. The third-order valence-electron chi connectivity index (χ3n) is 3.21. The van der Waals surface area contributed by atoms with Crippen molar-refractivity contribution in [1.82, 2.24) is 0 Å². The first-order valence-corrected chi connectivity index (χ1v) is 7.48. The van der Waals surface area contributed by atoms with Gasteiger partial charge in [0.2, 0.25) is 10.9 Å². The maximum absolute atomic E-state index is 12.3. The van der Waals surface area contributed by atoms with Gasteiger partial charge in [0, 0.05) is 14.3 Å². The Morgan fingerprint density at radius 2 is 1.36 bits per heavy atom. The summed E-state index contributed by atoms with van der Waals surface area (Å²) in [5.74, 6) is 0. The quantitative estimate of drug-likeness (QED) is 0.397. The molecular weight excluding hydrogens is 395 g/mol. The molecule has 108 valence electrons. The summed E-state index contributed by atoms with van der Waals surface area (Å²) in [5.41, 5.74) is 1.20. The van der Waals surface area contributed by atoms with Crippen LogP contribution < -0.4 is 27.1 Å². The second-order valence-electron chi connectivity index (χ2n) is 4.59. The summed E-state index contributed by atoms with van der Waals surface area (Å²) in [6, 6.07) is 13.5. The molecule has 3 rings (SSSR count). The summed E-state index contributed by atoms with van der Waals surface area (Å²) < 4.78 is 0.881. The van der Waals surface area contributed by atoms with E-state index in [1.165, 1.54) is 12.1 Å². The van der Waals surface area contributed by atoms with Gasteiger partial charge >= 0.3 is 0 Å². The van der Waals surface area contributed by atoms with E-state index in [0.717, 1.165) is 3.57 Å². The highest BCUT2D eigenvalue weighted by atomic mass is 127. The highest BCUT2D eigenvalue weighted by Gasteiger charge is 2.10. The predicted molar refractivity (Wildman–Crippen MR) is 93.5 cm³/mol. The largest absolute Gasteiger partial charge is 0.287 e. The molecule has 0 aliphatic carbocycles. The highest BCUT2D eigenvalue weighted by Crippen LogP contribution is 2.16. The summed E-state index contributed by atoms with van der Waals surface area (Å²) in [6.07, 6.45) is 0. The number of fused-ring (bicyclic) bond motifs is 1. The molecule has 5 nitrogen and oxygen atoms in total. The number of halogens is 1. The molecule has 0 aliphatic rings. The van der Waals surface area contributed by atoms with Crippen LogP contribution in [-0.2, 0) is 0 Å². The van der Waals surface area contributed by atoms with Crippen LogP contribution in [0.5, 0.6) is 0 Å². The van der Waals surface area contributed by atoms with E-state index in [0.29, 0.717) is 5.69 Å². The fraction of sp³-hybridized carbons (Fsp3) is 0. The van der Waals surface area contributed by atoms with E-state index in [4.69, 9.17) is 0 Å². The number of anilines is 1. The van der Waals surface area contributed by atoms with Crippen LogP contribution >= 0.6 is 22.6 Å². The lowest BCUT2D eigenvalue weighted by molar-refractivity contribution is 1.16. The maximum atomic E-state index is 12.3. The smallest absolute Gasteiger partial charge is 0.257 e. The zero-order chi connectivity index (χ0) is 15.7. The SMILES string of the molecule is O=c1c(=NNc2ccccc2I)c(=O)c2ccccc2c1=O. The van der Waals surface area contributed by atoms with Crippen LogP contribution in [0, 0.1) is 3.57 Å². The van der Waals surface area contributed by atoms with E-state index in [1.54, 1.807) is 24.3 Å². The molecule has 0 aliphatic heterocycles. The molecule has 0 spiro atoms. The predicted octanol–water partition coefficient (Wildman–Crippen LogP) is 1.33. The molecule has 0 radical (unpaired) electrons. The molecule has 0 bridgehead atoms. The van der Waals surface area contributed by atoms with Gasteiger partial charge in [-0.1, -0.05) is 36.4 Å². The molecule has 0 fully saturated rings. The average Bonchev–Trinajstić information content (AvgIpc) is 2.54. The van der Waals surface area contributed by atoms with Gasteiger partial charge in [0.15, 0.2) is 5.36 Å². The Balaban J connectivity index is 2.26. The van der Waals surface area contributed by atoms with Crippen LogP contribution in [0.2, 0.25) is 0 Å². The first-order chi connectivity index (χ1) is 10.6. The summed E-state index contributed by atoms with van der Waals surface area (Å²) in [5, 5.41) is 3.82. The van der Waals surface area contributed by atoms with Gasteiger partial charge in [-0.25, -0.2) is 0 Å². The molecule has 0 amide bonds. The van der Waals surface area contributed by atoms with Crippen molar-refractivity contribution in [2.75, 3.05) is 5.43 Å². The van der Waals surface area contributed by atoms with Crippen molar-refractivity contribution in [1.29, 1.82) is 0 Å². The molecule has 6 heteroatoms. The minimum atomic E-state index is -0.887. The third kappa shape index (κ3) is 2.45. The molecule has 0 saturated carbocycles. The fourth-order valence-corrected chi connectivity index (χ4v) is 2.62. The monoisotopic (exact) mass is 404 g/mol. The number of para-hydroxylation sites is 1. The molecular formula is C16H9IN2O3. The van der Waals surface area contributed by atoms with E-state index >= 15 is 0 Å². The van der Waals surface area contributed by atoms with Crippen molar-refractivity contribution < 1.29 is 0 Å². The van der Waals surface area contributed by atoms with Crippen molar-refractivity contribution in [3.8, 4) is 0 Å². The lowest BCUT2D eigenvalue weighted by Gasteiger charge is -2.01. The Labute approximate surface area is 137 Å². The molecule has 3 aromatic rings. The van der Waals surface area contributed by atoms with Gasteiger partial charge in [-0.05, 0) is 34.7 Å². The Hall–Kier alpha value is -2.35. The van der Waals surface area contributed by atoms with Crippen molar-refractivity contribution in [3.05, 3.63) is 88.1 Å². The van der Waals surface area contributed by atoms with Crippen LogP contribution in [0.4, 0.5) is 5.69 Å². The van der Waals surface area contributed by atoms with E-state index in [1.807, 2.05) is 12.1 Å². The van der Waals surface area contributed by atoms with Gasteiger partial charge in [0.1, 0.15) is 0 Å². The average molecular weight is 404 g/mol. The fourth-order valence-electron chi connectivity index (χ4n) is 2.11. The van der Waals surface area contributed by atoms with Crippen LogP contribution in [0.15, 0.2) is 68.0 Å². The van der Waals surface area contributed by atoms with Crippen LogP contribution in [0.25, 0.3) is 10.8 Å². The summed E-state index contributed by atoms with van der Waals surface area (Å²) in [4.78, 5) is 36.4. The number of rotatable bonds is 2. The Morgan fingerprint density at radius 1 is 0.773 bits per heavy atom. The van der Waals surface area contributed by atoms with E-state index in [9.17, 15) is 14.4 Å². The van der Waals surface area contributed by atoms with E-state index in [2.05, 4.69) is 33.1 Å². The zero-order valence-corrected chi connectivity index (χ0v) is 13.3. The van der Waals surface area contributed by atoms with Gasteiger partial charge < -0.3 is 0 Å². The van der Waals surface area contributed by atoms with Gasteiger partial charge in [0.25, 0.3) is 5.43 Å². The van der Waals surface area contributed by atoms with Crippen LogP contribution in [0.1, 0.15) is 0 Å². The molecule has 3 aromatic carbocycles. The molecule has 0 aromatic heterocycles. The molecule has 22 heavy (non-hydrogen) atoms. The van der Waals surface area contributed by atoms with Crippen molar-refractivity contribution >= 4 is 39.1 Å².